The third-order valence-corrected chi connectivity index (χ3v) is 7.64. The van der Waals surface area contributed by atoms with Gasteiger partial charge in [0.2, 0.25) is 5.91 Å². The maximum absolute atomic E-state index is 12.8. The van der Waals surface area contributed by atoms with Crippen LogP contribution >= 0.6 is 0 Å². The summed E-state index contributed by atoms with van der Waals surface area (Å²) in [6.07, 6.45) is 10.7. The molecule has 5 heteroatoms. The molecule has 5 nitrogen and oxygen atoms in total. The van der Waals surface area contributed by atoms with E-state index in [-0.39, 0.29) is 11.9 Å². The Hall–Kier alpha value is -3.60. The van der Waals surface area contributed by atoms with Crippen LogP contribution in [0, 0.1) is 17.8 Å². The minimum Gasteiger partial charge on any atom is -0.454 e. The predicted octanol–water partition coefficient (Wildman–Crippen LogP) is 6.24. The molecule has 2 aliphatic rings. The average Bonchev–Trinajstić information content (AvgIpc) is 3.65. The van der Waals surface area contributed by atoms with Crippen LogP contribution in [-0.4, -0.2) is 21.7 Å². The number of hydrogen-bond donors (Lipinski definition) is 1. The van der Waals surface area contributed by atoms with Gasteiger partial charge in [0.25, 0.3) is 0 Å². The van der Waals surface area contributed by atoms with Gasteiger partial charge in [-0.2, -0.15) is 5.10 Å². The van der Waals surface area contributed by atoms with E-state index in [4.69, 9.17) is 9.52 Å². The number of furan rings is 1. The van der Waals surface area contributed by atoms with Crippen LogP contribution in [-0.2, 0) is 4.79 Å². The van der Waals surface area contributed by atoms with Gasteiger partial charge in [-0.05, 0) is 74.3 Å². The first kappa shape index (κ1) is 21.0. The number of aromatic nitrogens is 2. The molecule has 0 saturated heterocycles. The van der Waals surface area contributed by atoms with Crippen molar-refractivity contribution >= 4 is 23.0 Å². The van der Waals surface area contributed by atoms with Crippen molar-refractivity contribution in [3.05, 3.63) is 78.5 Å². The van der Waals surface area contributed by atoms with Crippen LogP contribution in [0.25, 0.3) is 34.2 Å². The number of benzene rings is 2. The average molecular weight is 452 g/mol. The highest BCUT2D eigenvalue weighted by atomic mass is 16.3. The molecule has 2 saturated carbocycles. The number of nitrogens with one attached hydrogen (secondary N) is 1. The molecule has 1 N–H and O–H groups in total. The number of hydrogen-bond acceptors (Lipinski definition) is 3. The zero-order chi connectivity index (χ0) is 23.1. The second-order valence-corrected chi connectivity index (χ2v) is 9.83. The van der Waals surface area contributed by atoms with Crippen LogP contribution in [0.2, 0.25) is 0 Å². The van der Waals surface area contributed by atoms with E-state index in [0.29, 0.717) is 17.4 Å². The minimum absolute atomic E-state index is 0.0571. The summed E-state index contributed by atoms with van der Waals surface area (Å²) in [5.41, 5.74) is 3.32. The quantitative estimate of drug-likeness (QED) is 0.353. The van der Waals surface area contributed by atoms with Gasteiger partial charge in [-0.3, -0.25) is 4.79 Å². The standard InChI is InChI=1S/C29H29N3O2/c1-19(25-16-20-11-12-21(25)15-20)30-28(33)14-13-23-18-32(24-8-3-2-4-9-24)31-29(23)27-17-22-7-5-6-10-26(22)34-27/h2-10,13-14,17-21,25H,11-12,15-16H2,1H3,(H,30,33)/b14-13+. The summed E-state index contributed by atoms with van der Waals surface area (Å²) in [5, 5.41) is 9.06. The Balaban J connectivity index is 1.27. The van der Waals surface area contributed by atoms with Gasteiger partial charge in [-0.1, -0.05) is 42.8 Å². The molecular weight excluding hydrogens is 422 g/mol. The molecule has 2 aliphatic carbocycles. The number of amides is 1. The fraction of sp³-hybridized carbons (Fsp3) is 0.310. The molecular formula is C29H29N3O2. The Morgan fingerprint density at radius 3 is 2.71 bits per heavy atom. The molecule has 6 rings (SSSR count). The van der Waals surface area contributed by atoms with E-state index in [9.17, 15) is 4.79 Å². The Labute approximate surface area is 199 Å². The molecule has 0 radical (unpaired) electrons. The topological polar surface area (TPSA) is 60.1 Å². The zero-order valence-corrected chi connectivity index (χ0v) is 19.4. The Morgan fingerprint density at radius 1 is 1.12 bits per heavy atom. The molecule has 1 amide bonds. The molecule has 4 aromatic rings. The van der Waals surface area contributed by atoms with Gasteiger partial charge >= 0.3 is 0 Å². The van der Waals surface area contributed by atoms with Crippen molar-refractivity contribution in [2.45, 2.75) is 38.6 Å². The Bertz CT molecular complexity index is 1320. The number of carbonyl (C=O) groups excluding carboxylic acids is 1. The van der Waals surface area contributed by atoms with E-state index in [2.05, 4.69) is 12.2 Å². The van der Waals surface area contributed by atoms with E-state index >= 15 is 0 Å². The predicted molar refractivity (Wildman–Crippen MR) is 134 cm³/mol. The third-order valence-electron chi connectivity index (χ3n) is 7.64. The minimum atomic E-state index is -0.0571. The fourth-order valence-electron chi connectivity index (χ4n) is 5.96. The normalized spacial score (nSPS) is 22.6. The molecule has 4 unspecified atom stereocenters. The van der Waals surface area contributed by atoms with E-state index < -0.39 is 0 Å². The molecule has 2 aromatic carbocycles. The lowest BCUT2D eigenvalue weighted by Gasteiger charge is -2.28. The number of rotatable bonds is 6. The van der Waals surface area contributed by atoms with Crippen LogP contribution in [0.3, 0.4) is 0 Å². The van der Waals surface area contributed by atoms with Crippen LogP contribution in [0.5, 0.6) is 0 Å². The number of nitrogens with zero attached hydrogens (tertiary/aromatic N) is 2. The maximum Gasteiger partial charge on any atom is 0.244 e. The highest BCUT2D eigenvalue weighted by Gasteiger charge is 2.42. The lowest BCUT2D eigenvalue weighted by molar-refractivity contribution is -0.117. The van der Waals surface area contributed by atoms with Gasteiger partial charge in [0.1, 0.15) is 11.3 Å². The summed E-state index contributed by atoms with van der Waals surface area (Å²) in [6, 6.07) is 20.1. The van der Waals surface area contributed by atoms with Crippen molar-refractivity contribution in [3.8, 4) is 17.1 Å². The molecule has 2 fully saturated rings. The number of para-hydroxylation sites is 2. The summed E-state index contributed by atoms with van der Waals surface area (Å²) in [7, 11) is 0. The summed E-state index contributed by atoms with van der Waals surface area (Å²) >= 11 is 0. The van der Waals surface area contributed by atoms with Crippen molar-refractivity contribution < 1.29 is 9.21 Å². The first-order valence-corrected chi connectivity index (χ1v) is 12.3. The van der Waals surface area contributed by atoms with E-state index in [0.717, 1.165) is 34.1 Å². The number of fused-ring (bicyclic) bond motifs is 3. The fourth-order valence-corrected chi connectivity index (χ4v) is 5.96. The first-order valence-electron chi connectivity index (χ1n) is 12.3. The Morgan fingerprint density at radius 2 is 1.94 bits per heavy atom. The van der Waals surface area contributed by atoms with Crippen molar-refractivity contribution in [2.75, 3.05) is 0 Å². The molecule has 4 atom stereocenters. The van der Waals surface area contributed by atoms with Crippen LogP contribution in [0.15, 0.2) is 77.4 Å². The monoisotopic (exact) mass is 451 g/mol. The van der Waals surface area contributed by atoms with Gasteiger partial charge in [0.15, 0.2) is 5.76 Å². The molecule has 2 heterocycles. The molecule has 2 aromatic heterocycles. The maximum atomic E-state index is 12.8. The lowest BCUT2D eigenvalue weighted by Crippen LogP contribution is -2.39. The smallest absolute Gasteiger partial charge is 0.244 e. The summed E-state index contributed by atoms with van der Waals surface area (Å²) in [6.45, 7) is 2.16. The summed E-state index contributed by atoms with van der Waals surface area (Å²) < 4.78 is 7.93. The van der Waals surface area contributed by atoms with Crippen molar-refractivity contribution in [3.63, 3.8) is 0 Å². The highest BCUT2D eigenvalue weighted by Crippen LogP contribution is 2.49. The highest BCUT2D eigenvalue weighted by molar-refractivity contribution is 5.93. The van der Waals surface area contributed by atoms with Gasteiger partial charge < -0.3 is 9.73 Å². The van der Waals surface area contributed by atoms with E-state index in [1.165, 1.54) is 25.7 Å². The largest absolute Gasteiger partial charge is 0.454 e. The lowest BCUT2D eigenvalue weighted by atomic mass is 9.84. The van der Waals surface area contributed by atoms with E-state index in [1.54, 1.807) is 6.08 Å². The van der Waals surface area contributed by atoms with Crippen molar-refractivity contribution in [1.29, 1.82) is 0 Å². The number of carbonyl (C=O) groups is 1. The summed E-state index contributed by atoms with van der Waals surface area (Å²) in [5.74, 6) is 2.90. The van der Waals surface area contributed by atoms with Crippen molar-refractivity contribution in [2.24, 2.45) is 17.8 Å². The van der Waals surface area contributed by atoms with Crippen LogP contribution in [0.4, 0.5) is 0 Å². The molecule has 172 valence electrons. The third kappa shape index (κ3) is 3.96. The summed E-state index contributed by atoms with van der Waals surface area (Å²) in [4.78, 5) is 12.8. The molecule has 0 spiro atoms. The zero-order valence-electron chi connectivity index (χ0n) is 19.4. The second-order valence-electron chi connectivity index (χ2n) is 9.83. The second kappa shape index (κ2) is 8.64. The van der Waals surface area contributed by atoms with Gasteiger partial charge in [-0.15, -0.1) is 0 Å². The van der Waals surface area contributed by atoms with Crippen LogP contribution in [0.1, 0.15) is 38.2 Å². The van der Waals surface area contributed by atoms with Gasteiger partial charge in [0, 0.05) is 29.3 Å². The van der Waals surface area contributed by atoms with E-state index in [1.807, 2.05) is 77.6 Å². The Kier molecular flexibility index (Phi) is 5.33. The molecule has 0 aliphatic heterocycles. The van der Waals surface area contributed by atoms with Gasteiger partial charge in [0.05, 0.1) is 5.69 Å². The molecule has 2 bridgehead atoms. The SMILES string of the molecule is CC(NC(=O)/C=C/c1cn(-c2ccccc2)nc1-c1cc2ccccc2o1)C1CC2CCC1C2. The molecule has 34 heavy (non-hydrogen) atoms. The van der Waals surface area contributed by atoms with Crippen LogP contribution < -0.4 is 5.32 Å². The van der Waals surface area contributed by atoms with Crippen molar-refractivity contribution in [1.82, 2.24) is 15.1 Å². The van der Waals surface area contributed by atoms with Gasteiger partial charge in [-0.25, -0.2) is 4.68 Å². The first-order chi connectivity index (χ1) is 16.6.